The predicted octanol–water partition coefficient (Wildman–Crippen LogP) is 1.07. The molecule has 232 valence electrons. The summed E-state index contributed by atoms with van der Waals surface area (Å²) in [4.78, 5) is 16.1. The van der Waals surface area contributed by atoms with E-state index in [1.807, 2.05) is 0 Å². The Hall–Kier alpha value is -3.54. The van der Waals surface area contributed by atoms with E-state index in [1.54, 1.807) is 24.3 Å². The van der Waals surface area contributed by atoms with Crippen LogP contribution < -0.4 is 15.2 Å². The molecular weight excluding hydrogens is 604 g/mol. The minimum atomic E-state index is -4.00. The second kappa shape index (κ2) is 12.2. The number of para-hydroxylation sites is 1. The lowest BCUT2D eigenvalue weighted by Gasteiger charge is -2.38. The Kier molecular flexibility index (Phi) is 8.78. The first kappa shape index (κ1) is 30.9. The van der Waals surface area contributed by atoms with Gasteiger partial charge in [0.2, 0.25) is 20.0 Å². The number of benzene rings is 2. The standard InChI is InChI=1S/C27H32N4O10S2/c28-42(35,36)21-5-3-4-20(12-21)39-16-19(32)17-40-26(34)30-18-13-27(41-15-18)8-10-31(11-9-27)43(37,38)24-14-29-23-7-2-1-6-22(23)25(24)33/h1-7,12,14,18-19,32H,8-11,13,15-17H2,(H,29,33)(H,30,34)(H2,28,35,36)/t18-,19?/m1/s1. The number of alkyl carbamates (subject to hydrolysis) is 1. The van der Waals surface area contributed by atoms with Crippen LogP contribution >= 0.6 is 0 Å². The minimum absolute atomic E-state index is 0.138. The maximum Gasteiger partial charge on any atom is 0.407 e. The van der Waals surface area contributed by atoms with E-state index in [-0.39, 0.29) is 60.2 Å². The molecule has 1 amide bonds. The van der Waals surface area contributed by atoms with E-state index < -0.39 is 37.8 Å². The molecule has 14 nitrogen and oxygen atoms in total. The van der Waals surface area contributed by atoms with Crippen LogP contribution in [0.15, 0.2) is 64.5 Å². The highest BCUT2D eigenvalue weighted by molar-refractivity contribution is 7.89. The quantitative estimate of drug-likeness (QED) is 0.261. The van der Waals surface area contributed by atoms with Gasteiger partial charge < -0.3 is 29.7 Å². The number of hydrogen-bond donors (Lipinski definition) is 4. The number of nitrogens with zero attached hydrogens (tertiary/aromatic N) is 2. The number of rotatable bonds is 9. The molecule has 2 aromatic carbocycles. The predicted molar refractivity (Wildman–Crippen MR) is 152 cm³/mol. The number of hydrogen-bond acceptors (Lipinski definition) is 11. The third-order valence-electron chi connectivity index (χ3n) is 7.48. The van der Waals surface area contributed by atoms with Gasteiger partial charge in [-0.3, -0.25) is 4.98 Å². The zero-order valence-electron chi connectivity index (χ0n) is 23.0. The summed E-state index contributed by atoms with van der Waals surface area (Å²) in [6, 6.07) is 11.8. The lowest BCUT2D eigenvalue weighted by Crippen LogP contribution is -2.47. The molecule has 1 spiro atoms. The third kappa shape index (κ3) is 7.00. The van der Waals surface area contributed by atoms with Crippen LogP contribution in [0.5, 0.6) is 11.5 Å². The molecular formula is C27H32N4O10S2. The fraction of sp³-hybridized carbons (Fsp3) is 0.407. The molecule has 3 heterocycles. The van der Waals surface area contributed by atoms with Crippen LogP contribution in [0.2, 0.25) is 0 Å². The lowest BCUT2D eigenvalue weighted by atomic mass is 9.88. The molecule has 5 rings (SSSR count). The number of nitrogens with one attached hydrogen (secondary N) is 1. The number of carbonyl (C=O) groups excluding carboxylic acids is 1. The maximum atomic E-state index is 13.3. The summed E-state index contributed by atoms with van der Waals surface area (Å²) in [5, 5.41) is 28.9. The SMILES string of the molecule is NS(=O)(=O)c1cccc(OCC(O)COC(=O)N[C@H]2COC3(CCN(S(=O)(=O)c4cnc5ccccc5c4O)CC3)C2)c1. The number of aliphatic hydroxyl groups excluding tert-OH is 1. The number of piperidine rings is 1. The lowest BCUT2D eigenvalue weighted by molar-refractivity contribution is -0.0312. The highest BCUT2D eigenvalue weighted by Crippen LogP contribution is 2.39. The molecule has 0 bridgehead atoms. The van der Waals surface area contributed by atoms with Crippen molar-refractivity contribution in [2.75, 3.05) is 32.9 Å². The van der Waals surface area contributed by atoms with E-state index in [4.69, 9.17) is 19.3 Å². The summed E-state index contributed by atoms with van der Waals surface area (Å²) in [5.74, 6) is -0.160. The topological polar surface area (TPSA) is 208 Å². The maximum absolute atomic E-state index is 13.3. The summed E-state index contributed by atoms with van der Waals surface area (Å²) < 4.78 is 67.3. The van der Waals surface area contributed by atoms with Crippen molar-refractivity contribution in [3.05, 3.63) is 54.7 Å². The molecule has 1 unspecified atom stereocenters. The van der Waals surface area contributed by atoms with Crippen LogP contribution in [0.3, 0.4) is 0 Å². The molecule has 5 N–H and O–H groups in total. The van der Waals surface area contributed by atoms with E-state index >= 15 is 0 Å². The van der Waals surface area contributed by atoms with Gasteiger partial charge in [0.25, 0.3) is 0 Å². The van der Waals surface area contributed by atoms with Crippen LogP contribution in [0.4, 0.5) is 4.79 Å². The molecule has 0 aliphatic carbocycles. The summed E-state index contributed by atoms with van der Waals surface area (Å²) in [6.45, 7) is -0.0916. The van der Waals surface area contributed by atoms with Gasteiger partial charge in [0.15, 0.2) is 0 Å². The van der Waals surface area contributed by atoms with E-state index in [9.17, 15) is 31.8 Å². The van der Waals surface area contributed by atoms with E-state index in [2.05, 4.69) is 10.3 Å². The van der Waals surface area contributed by atoms with Crippen molar-refractivity contribution in [3.63, 3.8) is 0 Å². The fourth-order valence-electron chi connectivity index (χ4n) is 5.22. The molecule has 2 fully saturated rings. The summed E-state index contributed by atoms with van der Waals surface area (Å²) in [5.41, 5.74) is -0.129. The molecule has 3 aromatic rings. The average Bonchev–Trinajstić information content (AvgIpc) is 3.36. The van der Waals surface area contributed by atoms with Gasteiger partial charge in [-0.25, -0.2) is 26.8 Å². The van der Waals surface area contributed by atoms with Crippen molar-refractivity contribution < 1.29 is 46.1 Å². The van der Waals surface area contributed by atoms with Gasteiger partial charge in [-0.2, -0.15) is 4.31 Å². The Balaban J connectivity index is 1.08. The largest absolute Gasteiger partial charge is 0.506 e. The number of ether oxygens (including phenoxy) is 3. The van der Waals surface area contributed by atoms with Crippen molar-refractivity contribution in [3.8, 4) is 11.5 Å². The van der Waals surface area contributed by atoms with E-state index in [0.29, 0.717) is 30.2 Å². The van der Waals surface area contributed by atoms with Crippen molar-refractivity contribution in [1.29, 1.82) is 0 Å². The Morgan fingerprint density at radius 2 is 1.88 bits per heavy atom. The zero-order valence-corrected chi connectivity index (χ0v) is 24.6. The molecule has 2 aliphatic heterocycles. The van der Waals surface area contributed by atoms with Gasteiger partial charge in [-0.15, -0.1) is 0 Å². The molecule has 0 radical (unpaired) electrons. The first-order valence-electron chi connectivity index (χ1n) is 13.4. The van der Waals surface area contributed by atoms with Gasteiger partial charge >= 0.3 is 6.09 Å². The number of nitrogens with two attached hydrogens (primary N) is 1. The molecule has 0 saturated carbocycles. The van der Waals surface area contributed by atoms with E-state index in [0.717, 1.165) is 0 Å². The Bertz CT molecular complexity index is 1710. The highest BCUT2D eigenvalue weighted by Gasteiger charge is 2.45. The number of aromatic nitrogens is 1. The van der Waals surface area contributed by atoms with Gasteiger partial charge in [0, 0.05) is 24.5 Å². The minimum Gasteiger partial charge on any atom is -0.506 e. The van der Waals surface area contributed by atoms with Crippen LogP contribution in [0, 0.1) is 0 Å². The smallest absolute Gasteiger partial charge is 0.407 e. The van der Waals surface area contributed by atoms with Crippen LogP contribution in [-0.2, 0) is 29.5 Å². The first-order chi connectivity index (χ1) is 20.4. The fourth-order valence-corrected chi connectivity index (χ4v) is 7.25. The number of sulfonamides is 2. The summed E-state index contributed by atoms with van der Waals surface area (Å²) in [7, 11) is -7.91. The molecule has 2 aliphatic rings. The van der Waals surface area contributed by atoms with E-state index in [1.165, 1.54) is 34.8 Å². The van der Waals surface area contributed by atoms with Gasteiger partial charge in [0.05, 0.1) is 34.9 Å². The highest BCUT2D eigenvalue weighted by atomic mass is 32.2. The van der Waals surface area contributed by atoms with Crippen molar-refractivity contribution in [2.24, 2.45) is 5.14 Å². The monoisotopic (exact) mass is 636 g/mol. The number of aromatic hydroxyl groups is 1. The van der Waals surface area contributed by atoms with Gasteiger partial charge in [-0.05, 0) is 43.5 Å². The number of carbonyl (C=O) groups is 1. The average molecular weight is 637 g/mol. The number of primary sulfonamides is 1. The Labute approximate surface area is 248 Å². The second-order valence-electron chi connectivity index (χ2n) is 10.5. The molecule has 43 heavy (non-hydrogen) atoms. The Morgan fingerprint density at radius 3 is 2.63 bits per heavy atom. The van der Waals surface area contributed by atoms with Crippen LogP contribution in [0.1, 0.15) is 19.3 Å². The number of amides is 1. The number of pyridine rings is 1. The normalized spacial score (nSPS) is 19.7. The molecule has 1 aromatic heterocycles. The number of aliphatic hydroxyl groups is 1. The second-order valence-corrected chi connectivity index (χ2v) is 14.0. The molecule has 2 saturated heterocycles. The zero-order chi connectivity index (χ0) is 30.8. The first-order valence-corrected chi connectivity index (χ1v) is 16.4. The number of fused-ring (bicyclic) bond motifs is 1. The summed E-state index contributed by atoms with van der Waals surface area (Å²) in [6.07, 6.45) is 0.460. The van der Waals surface area contributed by atoms with Crippen molar-refractivity contribution in [2.45, 2.75) is 46.8 Å². The van der Waals surface area contributed by atoms with Crippen molar-refractivity contribution >= 4 is 37.0 Å². The van der Waals surface area contributed by atoms with Crippen molar-refractivity contribution in [1.82, 2.24) is 14.6 Å². The third-order valence-corrected chi connectivity index (χ3v) is 10.3. The summed E-state index contributed by atoms with van der Waals surface area (Å²) >= 11 is 0. The van der Waals surface area contributed by atoms with Gasteiger partial charge in [-0.1, -0.05) is 18.2 Å². The van der Waals surface area contributed by atoms with Crippen LogP contribution in [-0.4, -0.2) is 93.1 Å². The Morgan fingerprint density at radius 1 is 1.14 bits per heavy atom. The molecule has 16 heteroatoms. The van der Waals surface area contributed by atoms with Crippen LogP contribution in [0.25, 0.3) is 10.9 Å². The molecule has 2 atom stereocenters. The van der Waals surface area contributed by atoms with Gasteiger partial charge in [0.1, 0.15) is 35.7 Å².